The van der Waals surface area contributed by atoms with Gasteiger partial charge in [-0.1, -0.05) is 73.8 Å². The first-order valence-corrected chi connectivity index (χ1v) is 19.3. The average molecular weight is 510 g/mol. The Labute approximate surface area is 216 Å². The van der Waals surface area contributed by atoms with Crippen LogP contribution in [-0.4, -0.2) is 0 Å². The van der Waals surface area contributed by atoms with Gasteiger partial charge < -0.3 is 0 Å². The van der Waals surface area contributed by atoms with E-state index in [1.54, 1.807) is 14.8 Å². The summed E-state index contributed by atoms with van der Waals surface area (Å²) in [6.45, 7) is 9.41. The van der Waals surface area contributed by atoms with Crippen LogP contribution in [0.1, 0.15) is 24.0 Å². The monoisotopic (exact) mass is 510 g/mol. The number of hydrogen-bond donors (Lipinski definition) is 0. The molecule has 2 aliphatic carbocycles. The van der Waals surface area contributed by atoms with Gasteiger partial charge in [0, 0.05) is 0 Å². The standard InChI is InChI=1S/C16H14.C9H11.C6H6P.C2H4.Ti/c1-13(15-9-5-3-6-10-15)14(2)16-11-7-4-8-12-16;1-2-5-9-7-3-6-8(9)4-1;7-6-4-2-1-3-5-6;1-2;/h3-12H,1-2H2;1-2,4-6,8-9H,3,7H2;1-5,7H;1-2H2;/q;;-1;;+1. The molecule has 35 heavy (non-hydrogen) atoms. The Hall–Kier alpha value is -2.24. The van der Waals surface area contributed by atoms with Crippen molar-refractivity contribution in [1.82, 2.24) is 0 Å². The molecule has 4 unspecified atom stereocenters. The van der Waals surface area contributed by atoms with Gasteiger partial charge in [-0.2, -0.15) is 0 Å². The van der Waals surface area contributed by atoms with E-state index >= 15 is 0 Å². The Kier molecular flexibility index (Phi) is 7.84. The molecule has 1 saturated heterocycles. The van der Waals surface area contributed by atoms with Gasteiger partial charge in [0.1, 0.15) is 0 Å². The van der Waals surface area contributed by atoms with Crippen molar-refractivity contribution in [3.63, 3.8) is 0 Å². The maximum absolute atomic E-state index is 4.10. The second-order valence-electron chi connectivity index (χ2n) is 10.0. The predicted molar refractivity (Wildman–Crippen MR) is 153 cm³/mol. The molecule has 0 amide bonds. The first-order valence-electron chi connectivity index (χ1n) is 12.8. The summed E-state index contributed by atoms with van der Waals surface area (Å²) in [6, 6.07) is 31.6. The topological polar surface area (TPSA) is 0 Å². The molecule has 2 heteroatoms. The Morgan fingerprint density at radius 2 is 1.17 bits per heavy atom. The molecule has 0 bridgehead atoms. The van der Waals surface area contributed by atoms with Gasteiger partial charge in [0.15, 0.2) is 0 Å². The second kappa shape index (κ2) is 11.2. The zero-order valence-corrected chi connectivity index (χ0v) is 23.0. The Bertz CT molecular complexity index is 1160. The molecule has 4 atom stereocenters. The molecule has 1 heterocycles. The first kappa shape index (κ1) is 24.5. The van der Waals surface area contributed by atoms with Crippen LogP contribution >= 0.6 is 6.57 Å². The Morgan fingerprint density at radius 1 is 0.657 bits per heavy atom. The van der Waals surface area contributed by atoms with Gasteiger partial charge >= 0.3 is 121 Å². The largest absolute Gasteiger partial charge is 0.0906 e. The fraction of sp³-hybridized carbons (Fsp3) is 0.212. The van der Waals surface area contributed by atoms with E-state index in [0.29, 0.717) is 0 Å². The maximum Gasteiger partial charge on any atom is -0.0183 e. The molecule has 1 saturated carbocycles. The molecule has 0 spiro atoms. The Morgan fingerprint density at radius 3 is 1.71 bits per heavy atom. The van der Waals surface area contributed by atoms with Crippen LogP contribution in [-0.2, 0) is 16.1 Å². The van der Waals surface area contributed by atoms with Crippen molar-refractivity contribution < 1.29 is 16.1 Å². The third-order valence-electron chi connectivity index (χ3n) is 7.85. The average Bonchev–Trinajstić information content (AvgIpc) is 3.57. The van der Waals surface area contributed by atoms with Crippen molar-refractivity contribution in [2.75, 3.05) is 0 Å². The van der Waals surface area contributed by atoms with Gasteiger partial charge in [-0.25, -0.2) is 0 Å². The second-order valence-corrected chi connectivity index (χ2v) is 22.5. The van der Waals surface area contributed by atoms with E-state index in [2.05, 4.69) is 92.1 Å². The molecule has 0 N–H and O–H groups in total. The zero-order chi connectivity index (χ0) is 24.1. The molecule has 0 radical (unpaired) electrons. The van der Waals surface area contributed by atoms with Crippen molar-refractivity contribution in [3.05, 3.63) is 140 Å². The fourth-order valence-electron chi connectivity index (χ4n) is 5.76. The van der Waals surface area contributed by atoms with E-state index in [1.165, 1.54) is 19.4 Å². The molecule has 3 aliphatic rings. The third-order valence-corrected chi connectivity index (χ3v) is 22.0. The summed E-state index contributed by atoms with van der Waals surface area (Å²) in [5, 5.41) is 1.65. The molecular weight excluding hydrogens is 475 g/mol. The van der Waals surface area contributed by atoms with Gasteiger partial charge in [-0.3, -0.25) is 0 Å². The van der Waals surface area contributed by atoms with Crippen LogP contribution in [0.4, 0.5) is 0 Å². The summed E-state index contributed by atoms with van der Waals surface area (Å²) >= 11 is -1.48. The number of hydrogen-bond acceptors (Lipinski definition) is 0. The van der Waals surface area contributed by atoms with Gasteiger partial charge in [-0.15, -0.1) is 0 Å². The van der Waals surface area contributed by atoms with Gasteiger partial charge in [0.05, 0.1) is 0 Å². The zero-order valence-electron chi connectivity index (χ0n) is 20.4. The van der Waals surface area contributed by atoms with Gasteiger partial charge in [0.2, 0.25) is 0 Å². The van der Waals surface area contributed by atoms with Crippen molar-refractivity contribution >= 4 is 23.0 Å². The summed E-state index contributed by atoms with van der Waals surface area (Å²) in [4.78, 5) is 0. The van der Waals surface area contributed by atoms with Crippen LogP contribution in [0.2, 0.25) is 13.7 Å². The van der Waals surface area contributed by atoms with E-state index in [4.69, 9.17) is 0 Å². The molecule has 3 aromatic rings. The van der Waals surface area contributed by atoms with Crippen LogP contribution in [0.15, 0.2) is 128 Å². The number of benzene rings is 3. The first-order chi connectivity index (χ1) is 17.2. The van der Waals surface area contributed by atoms with Crippen LogP contribution in [0.5, 0.6) is 0 Å². The Balaban J connectivity index is 0.000000148. The molecule has 2 fully saturated rings. The van der Waals surface area contributed by atoms with Crippen LogP contribution in [0.3, 0.4) is 0 Å². The van der Waals surface area contributed by atoms with Crippen molar-refractivity contribution in [3.8, 4) is 0 Å². The third kappa shape index (κ3) is 5.78. The smallest absolute Gasteiger partial charge is 0.0183 e. The van der Waals surface area contributed by atoms with Crippen molar-refractivity contribution in [1.29, 1.82) is 0 Å². The van der Waals surface area contributed by atoms with Crippen molar-refractivity contribution in [2.45, 2.75) is 26.5 Å². The predicted octanol–water partition coefficient (Wildman–Crippen LogP) is 9.26. The van der Waals surface area contributed by atoms with Crippen LogP contribution < -0.4 is 5.30 Å². The summed E-state index contributed by atoms with van der Waals surface area (Å²) in [5.41, 5.74) is 4.20. The minimum Gasteiger partial charge on any atom is -0.0906 e. The van der Waals surface area contributed by atoms with E-state index in [1.807, 2.05) is 36.4 Å². The number of rotatable bonds is 6. The van der Waals surface area contributed by atoms with Crippen LogP contribution in [0, 0.1) is 11.8 Å². The summed E-state index contributed by atoms with van der Waals surface area (Å²) in [6.07, 6.45) is 12.6. The number of allylic oxidation sites excluding steroid dienone is 6. The molecule has 0 aromatic heterocycles. The molecule has 1 aliphatic heterocycles. The van der Waals surface area contributed by atoms with E-state index in [0.717, 1.165) is 38.3 Å². The summed E-state index contributed by atoms with van der Waals surface area (Å²) in [5.74, 6) is 1.81. The minimum absolute atomic E-state index is 0.888. The van der Waals surface area contributed by atoms with Crippen LogP contribution in [0.25, 0.3) is 11.1 Å². The molecule has 6 rings (SSSR count). The minimum atomic E-state index is -1.48. The maximum atomic E-state index is 4.10. The van der Waals surface area contributed by atoms with E-state index in [9.17, 15) is 0 Å². The molecule has 176 valence electrons. The molecule has 0 nitrogen and oxygen atoms in total. The van der Waals surface area contributed by atoms with Gasteiger partial charge in [-0.05, 0) is 22.3 Å². The molecule has 3 aromatic carbocycles. The normalized spacial score (nSPS) is 23.4. The van der Waals surface area contributed by atoms with E-state index in [-0.39, 0.29) is 0 Å². The summed E-state index contributed by atoms with van der Waals surface area (Å²) < 4.78 is 4.43. The number of fused-ring (bicyclic) bond motifs is 1. The van der Waals surface area contributed by atoms with Gasteiger partial charge in [0.25, 0.3) is 0 Å². The van der Waals surface area contributed by atoms with Crippen molar-refractivity contribution in [2.24, 2.45) is 11.8 Å². The van der Waals surface area contributed by atoms with E-state index < -0.39 is 16.1 Å². The quantitative estimate of drug-likeness (QED) is 0.176. The SMILES string of the molecule is C1=CC2CC[CH]([Ti]3([PH]c4ccccc4)[CH2][CH2]3)C2C=C1.C=C(C(=C)c1ccccc1)c1ccccc1. The fourth-order valence-corrected chi connectivity index (χ4v) is 22.3. The summed E-state index contributed by atoms with van der Waals surface area (Å²) in [7, 11) is 0. The molecular formula is C33H35PTi.